The fourth-order valence-corrected chi connectivity index (χ4v) is 4.28. The van der Waals surface area contributed by atoms with Crippen LogP contribution in [0.1, 0.15) is 38.8 Å². The van der Waals surface area contributed by atoms with E-state index in [0.29, 0.717) is 16.9 Å². The summed E-state index contributed by atoms with van der Waals surface area (Å²) in [4.78, 5) is 48.0. The van der Waals surface area contributed by atoms with E-state index < -0.39 is 67.0 Å². The van der Waals surface area contributed by atoms with E-state index in [-0.39, 0.29) is 11.5 Å². The van der Waals surface area contributed by atoms with Crippen LogP contribution in [0, 0.1) is 5.82 Å². The molecule has 1 unspecified atom stereocenters. The molecule has 0 aliphatic carbocycles. The molecule has 232 valence electrons. The number of hydrogen-bond donors (Lipinski definition) is 0. The van der Waals surface area contributed by atoms with E-state index in [2.05, 4.69) is 0 Å². The quantitative estimate of drug-likeness (QED) is 0.211. The van der Waals surface area contributed by atoms with Crippen molar-refractivity contribution in [1.82, 2.24) is 0 Å². The molecule has 0 spiro atoms. The van der Waals surface area contributed by atoms with Crippen molar-refractivity contribution in [3.05, 3.63) is 53.3 Å². The first kappa shape index (κ1) is 32.9. The van der Waals surface area contributed by atoms with E-state index in [0.717, 1.165) is 20.8 Å². The zero-order valence-electron chi connectivity index (χ0n) is 24.5. The molecule has 0 bridgehead atoms. The lowest BCUT2D eigenvalue weighted by Crippen LogP contribution is -2.63. The maximum absolute atomic E-state index is 13.4. The number of hydrogen-bond acceptors (Lipinski definition) is 12. The van der Waals surface area contributed by atoms with Gasteiger partial charge in [-0.15, -0.1) is 0 Å². The lowest BCUT2D eigenvalue weighted by molar-refractivity contribution is -0.288. The van der Waals surface area contributed by atoms with Gasteiger partial charge < -0.3 is 37.9 Å². The molecule has 5 atom stereocenters. The first-order chi connectivity index (χ1) is 20.4. The van der Waals surface area contributed by atoms with E-state index >= 15 is 0 Å². The van der Waals surface area contributed by atoms with Crippen molar-refractivity contribution < 1.29 is 61.5 Å². The van der Waals surface area contributed by atoms with E-state index in [9.17, 15) is 23.6 Å². The number of methoxy groups -OCH3 is 2. The van der Waals surface area contributed by atoms with Crippen LogP contribution in [0.5, 0.6) is 17.2 Å². The van der Waals surface area contributed by atoms with Crippen LogP contribution in [0.4, 0.5) is 4.39 Å². The molecule has 1 aliphatic heterocycles. The Bertz CT molecular complexity index is 1340. The lowest BCUT2D eigenvalue weighted by Gasteiger charge is -2.44. The zero-order chi connectivity index (χ0) is 31.7. The summed E-state index contributed by atoms with van der Waals surface area (Å²) in [5.74, 6) is -2.68. The number of rotatable bonds is 11. The van der Waals surface area contributed by atoms with Gasteiger partial charge in [0.2, 0.25) is 12.4 Å². The summed E-state index contributed by atoms with van der Waals surface area (Å²) in [6, 6.07) is 8.92. The minimum Gasteiger partial charge on any atom is -0.497 e. The first-order valence-electron chi connectivity index (χ1n) is 13.1. The van der Waals surface area contributed by atoms with Gasteiger partial charge in [-0.25, -0.2) is 4.39 Å². The highest BCUT2D eigenvalue weighted by molar-refractivity contribution is 5.75. The van der Waals surface area contributed by atoms with Gasteiger partial charge in [0.25, 0.3) is 0 Å². The molecular weight excluding hydrogens is 571 g/mol. The number of benzene rings is 2. The van der Waals surface area contributed by atoms with Crippen molar-refractivity contribution >= 4 is 36.0 Å². The zero-order valence-corrected chi connectivity index (χ0v) is 24.5. The smallest absolute Gasteiger partial charge is 0.303 e. The topological polar surface area (TPSA) is 142 Å². The average molecular weight is 605 g/mol. The fraction of sp³-hybridized carbons (Fsp3) is 0.400. The number of halogens is 1. The summed E-state index contributed by atoms with van der Waals surface area (Å²) in [6.45, 7) is 4.12. The third-order valence-electron chi connectivity index (χ3n) is 6.02. The van der Waals surface area contributed by atoms with Crippen molar-refractivity contribution in [2.75, 3.05) is 20.8 Å². The largest absolute Gasteiger partial charge is 0.497 e. The minimum absolute atomic E-state index is 0.0996. The minimum atomic E-state index is -1.50. The summed E-state index contributed by atoms with van der Waals surface area (Å²) in [5, 5.41) is 0. The SMILES string of the molecule is COc1cc(/C=C/c2ccc(F)cc2)c(OC2O[C@H](COC(C)=O)[C@@H](OC(C)=O)[C@H](OC(C)=O)[C@H]2OC(C)=O)c(OC)c1. The third-order valence-corrected chi connectivity index (χ3v) is 6.02. The highest BCUT2D eigenvalue weighted by atomic mass is 19.1. The molecule has 12 nitrogen and oxygen atoms in total. The van der Waals surface area contributed by atoms with E-state index in [1.807, 2.05) is 0 Å². The van der Waals surface area contributed by atoms with Crippen molar-refractivity contribution in [3.63, 3.8) is 0 Å². The molecule has 0 saturated carbocycles. The Hall–Kier alpha value is -4.65. The maximum Gasteiger partial charge on any atom is 0.303 e. The van der Waals surface area contributed by atoms with Crippen LogP contribution >= 0.6 is 0 Å². The molecule has 13 heteroatoms. The van der Waals surface area contributed by atoms with Gasteiger partial charge >= 0.3 is 23.9 Å². The summed E-state index contributed by atoms with van der Waals surface area (Å²) >= 11 is 0. The Labute approximate surface area is 247 Å². The summed E-state index contributed by atoms with van der Waals surface area (Å²) in [7, 11) is 2.85. The second-order valence-electron chi connectivity index (χ2n) is 9.32. The predicted octanol–water partition coefficient (Wildman–Crippen LogP) is 3.48. The Kier molecular flexibility index (Phi) is 11.5. The summed E-state index contributed by atoms with van der Waals surface area (Å²) < 4.78 is 58.2. The molecule has 1 aliphatic rings. The van der Waals surface area contributed by atoms with Crippen LogP contribution in [0.25, 0.3) is 12.2 Å². The average Bonchev–Trinajstić information content (AvgIpc) is 2.94. The number of carbonyl (C=O) groups is 4. The van der Waals surface area contributed by atoms with Gasteiger partial charge in [-0.3, -0.25) is 19.2 Å². The van der Waals surface area contributed by atoms with Crippen molar-refractivity contribution in [2.24, 2.45) is 0 Å². The molecule has 43 heavy (non-hydrogen) atoms. The molecule has 0 N–H and O–H groups in total. The van der Waals surface area contributed by atoms with Gasteiger partial charge in [-0.1, -0.05) is 24.3 Å². The van der Waals surface area contributed by atoms with Crippen molar-refractivity contribution in [3.8, 4) is 17.2 Å². The predicted molar refractivity (Wildman–Crippen MR) is 147 cm³/mol. The van der Waals surface area contributed by atoms with Gasteiger partial charge in [-0.2, -0.15) is 0 Å². The molecule has 0 radical (unpaired) electrons. The van der Waals surface area contributed by atoms with Crippen LogP contribution in [0.3, 0.4) is 0 Å². The van der Waals surface area contributed by atoms with Crippen LogP contribution in [-0.4, -0.2) is 75.4 Å². The van der Waals surface area contributed by atoms with Gasteiger partial charge in [0.05, 0.1) is 14.2 Å². The normalized spacial score (nSPS) is 21.4. The number of ether oxygens (including phenoxy) is 8. The third kappa shape index (κ3) is 9.17. The Morgan fingerprint density at radius 2 is 1.40 bits per heavy atom. The van der Waals surface area contributed by atoms with Crippen LogP contribution in [0.15, 0.2) is 36.4 Å². The molecule has 0 aromatic heterocycles. The van der Waals surface area contributed by atoms with Crippen molar-refractivity contribution in [2.45, 2.75) is 58.4 Å². The molecule has 1 fully saturated rings. The monoisotopic (exact) mass is 604 g/mol. The van der Waals surface area contributed by atoms with E-state index in [1.165, 1.54) is 39.3 Å². The fourth-order valence-electron chi connectivity index (χ4n) is 4.28. The highest BCUT2D eigenvalue weighted by Crippen LogP contribution is 2.40. The highest BCUT2D eigenvalue weighted by Gasteiger charge is 2.53. The second kappa shape index (κ2) is 15.0. The van der Waals surface area contributed by atoms with E-state index in [1.54, 1.807) is 30.4 Å². The van der Waals surface area contributed by atoms with Crippen LogP contribution < -0.4 is 14.2 Å². The van der Waals surface area contributed by atoms with Gasteiger partial charge in [0.1, 0.15) is 24.3 Å². The standard InChI is InChI=1S/C30H33FO12/c1-16(32)38-15-25-27(39-17(2)33)28(40-18(3)34)29(41-19(4)35)30(42-25)43-26-21(13-23(36-5)14-24(26)37-6)10-7-20-8-11-22(31)12-9-20/h7-14,25,27-30H,15H2,1-6H3/b10-7+/t25-,27-,28+,29-,30?/m1/s1. The van der Waals surface area contributed by atoms with Crippen LogP contribution in [0.2, 0.25) is 0 Å². The molecule has 3 rings (SSSR count). The van der Waals surface area contributed by atoms with Gasteiger partial charge in [-0.05, 0) is 23.8 Å². The molecular formula is C30H33FO12. The van der Waals surface area contributed by atoms with E-state index in [4.69, 9.17) is 37.9 Å². The summed E-state index contributed by atoms with van der Waals surface area (Å²) in [6.07, 6.45) is -3.60. The first-order valence-corrected chi connectivity index (χ1v) is 13.1. The van der Waals surface area contributed by atoms with Gasteiger partial charge in [0.15, 0.2) is 23.7 Å². The Morgan fingerprint density at radius 3 is 1.95 bits per heavy atom. The molecule has 2 aromatic carbocycles. The number of carbonyl (C=O) groups excluding carboxylic acids is 4. The maximum atomic E-state index is 13.4. The van der Waals surface area contributed by atoms with Gasteiger partial charge in [0, 0.05) is 39.3 Å². The summed E-state index contributed by atoms with van der Waals surface area (Å²) in [5.41, 5.74) is 1.08. The van der Waals surface area contributed by atoms with Crippen LogP contribution in [-0.2, 0) is 42.9 Å². The molecule has 1 heterocycles. The molecule has 1 saturated heterocycles. The van der Waals surface area contributed by atoms with Crippen molar-refractivity contribution in [1.29, 1.82) is 0 Å². The molecule has 2 aromatic rings. The molecule has 0 amide bonds. The number of esters is 4. The Morgan fingerprint density at radius 1 is 0.791 bits per heavy atom. The Balaban J connectivity index is 2.13. The second-order valence-corrected chi connectivity index (χ2v) is 9.32. The lowest BCUT2D eigenvalue weighted by atomic mass is 9.98.